The molecule has 188 valence electrons. The van der Waals surface area contributed by atoms with E-state index in [0.29, 0.717) is 43.6 Å². The van der Waals surface area contributed by atoms with Crippen molar-refractivity contribution < 1.29 is 33.6 Å². The van der Waals surface area contributed by atoms with Crippen LogP contribution in [0.4, 0.5) is 17.5 Å². The minimum Gasteiger partial charge on any atom is -0.543 e. The molecule has 2 fully saturated rings. The van der Waals surface area contributed by atoms with E-state index in [-0.39, 0.29) is 52.8 Å². The van der Waals surface area contributed by atoms with Crippen molar-refractivity contribution in [2.24, 2.45) is 0 Å². The molecule has 0 saturated carbocycles. The van der Waals surface area contributed by atoms with Gasteiger partial charge in [0.25, 0.3) is 5.91 Å². The molecular formula is C22H27Cl2LiN8O3. The van der Waals surface area contributed by atoms with Crippen molar-refractivity contribution in [3.63, 3.8) is 0 Å². The molecule has 0 aliphatic carbocycles. The molecule has 0 unspecified atom stereocenters. The first kappa shape index (κ1) is 28.3. The molecule has 0 spiro atoms. The van der Waals surface area contributed by atoms with Crippen LogP contribution in [0, 0.1) is 0 Å². The minimum absolute atomic E-state index is 0. The average Bonchev–Trinajstić information content (AvgIpc) is 2.84. The van der Waals surface area contributed by atoms with Gasteiger partial charge in [-0.05, 0) is 31.4 Å². The Balaban J connectivity index is 0.00000361. The normalized spacial score (nSPS) is 19.1. The number of carbonyl (C=O) groups is 2. The Labute approximate surface area is 231 Å². The van der Waals surface area contributed by atoms with Crippen molar-refractivity contribution in [1.29, 1.82) is 0 Å². The Morgan fingerprint density at radius 1 is 1.06 bits per heavy atom. The zero-order valence-electron chi connectivity index (χ0n) is 20.3. The summed E-state index contributed by atoms with van der Waals surface area (Å²) in [7, 11) is 0. The summed E-state index contributed by atoms with van der Waals surface area (Å²) < 4.78 is 0. The number of hydrogen-bond donors (Lipinski definition) is 2. The molecule has 14 heteroatoms. The van der Waals surface area contributed by atoms with Gasteiger partial charge in [0.05, 0.1) is 11.5 Å². The molecule has 1 amide bonds. The Morgan fingerprint density at radius 2 is 1.75 bits per heavy atom. The zero-order chi connectivity index (χ0) is 25.3. The van der Waals surface area contributed by atoms with Crippen LogP contribution in [-0.2, 0) is 0 Å². The van der Waals surface area contributed by atoms with E-state index >= 15 is 0 Å². The first-order valence-electron chi connectivity index (χ1n) is 11.5. The number of rotatable bonds is 5. The number of nitrogen functional groups attached to an aromatic ring is 2. The number of piperidine rings is 1. The fraction of sp³-hybridized carbons (Fsp3) is 0.500. The van der Waals surface area contributed by atoms with E-state index in [2.05, 4.69) is 26.8 Å². The number of aromatic nitrogens is 3. The maximum atomic E-state index is 12.9. The zero-order valence-corrected chi connectivity index (χ0v) is 21.8. The molecule has 2 aliphatic heterocycles. The van der Waals surface area contributed by atoms with Gasteiger partial charge in [-0.1, -0.05) is 30.1 Å². The second-order valence-electron chi connectivity index (χ2n) is 8.70. The number of carboxylic acids is 1. The molecular weight excluding hydrogens is 502 g/mol. The number of likely N-dealkylation sites (tertiary alicyclic amines) is 1. The number of hydrogen-bond acceptors (Lipinski definition) is 10. The van der Waals surface area contributed by atoms with E-state index in [4.69, 9.17) is 34.7 Å². The summed E-state index contributed by atoms with van der Waals surface area (Å²) in [6.07, 6.45) is 2.59. The summed E-state index contributed by atoms with van der Waals surface area (Å²) in [6.45, 7) is 5.44. The van der Waals surface area contributed by atoms with Gasteiger partial charge in [0.2, 0.25) is 0 Å². The second kappa shape index (κ2) is 11.8. The van der Waals surface area contributed by atoms with Crippen LogP contribution in [-0.4, -0.2) is 81.4 Å². The summed E-state index contributed by atoms with van der Waals surface area (Å²) >= 11 is 12.1. The number of carbonyl (C=O) groups excluding carboxylic acids is 2. The van der Waals surface area contributed by atoms with Crippen molar-refractivity contribution in [2.75, 3.05) is 49.1 Å². The number of aromatic carboxylic acids is 1. The molecule has 11 nitrogen and oxygen atoms in total. The third-order valence-electron chi connectivity index (χ3n) is 6.70. The fourth-order valence-corrected chi connectivity index (χ4v) is 5.28. The molecule has 4 rings (SSSR count). The monoisotopic (exact) mass is 528 g/mol. The maximum Gasteiger partial charge on any atom is 1.00 e. The second-order valence-corrected chi connectivity index (χ2v) is 9.44. The number of nitrogens with two attached hydrogens (primary N) is 2. The Morgan fingerprint density at radius 3 is 2.36 bits per heavy atom. The van der Waals surface area contributed by atoms with Crippen LogP contribution < -0.4 is 40.3 Å². The van der Waals surface area contributed by atoms with Gasteiger partial charge >= 0.3 is 18.9 Å². The molecule has 2 aromatic heterocycles. The topological polar surface area (TPSA) is 158 Å². The molecule has 2 aliphatic rings. The molecule has 4 heterocycles. The number of amides is 1. The van der Waals surface area contributed by atoms with E-state index in [9.17, 15) is 14.7 Å². The maximum absolute atomic E-state index is 12.9. The Hall–Kier alpha value is -2.29. The SMILES string of the molecule is CC[C@H]1CN(c2nc(N)c(C(=O)[O-])nc2Cl)CCN1C1CCN(C(=O)c2ccc(Cl)nc2N)CC1.[Li+]. The number of anilines is 3. The number of nitrogens with zero attached hydrogens (tertiary/aromatic N) is 6. The number of piperazine rings is 1. The van der Waals surface area contributed by atoms with Gasteiger partial charge in [-0.25, -0.2) is 15.0 Å². The third-order valence-corrected chi connectivity index (χ3v) is 7.16. The molecule has 2 aromatic rings. The van der Waals surface area contributed by atoms with E-state index in [1.807, 2.05) is 9.80 Å². The van der Waals surface area contributed by atoms with Crippen LogP contribution in [0.2, 0.25) is 10.3 Å². The smallest absolute Gasteiger partial charge is 0.543 e. The van der Waals surface area contributed by atoms with E-state index in [1.165, 1.54) is 0 Å². The van der Waals surface area contributed by atoms with Crippen LogP contribution in [0.15, 0.2) is 12.1 Å². The Kier molecular flexibility index (Phi) is 9.30. The summed E-state index contributed by atoms with van der Waals surface area (Å²) in [5, 5.41) is 11.4. The Bertz CT molecular complexity index is 1130. The van der Waals surface area contributed by atoms with Gasteiger partial charge in [-0.15, -0.1) is 0 Å². The molecule has 4 N–H and O–H groups in total. The van der Waals surface area contributed by atoms with Crippen molar-refractivity contribution in [1.82, 2.24) is 24.8 Å². The largest absolute Gasteiger partial charge is 1.00 e. The quantitative estimate of drug-likeness (QED) is 0.325. The van der Waals surface area contributed by atoms with E-state index in [1.54, 1.807) is 12.1 Å². The van der Waals surface area contributed by atoms with Crippen molar-refractivity contribution in [3.8, 4) is 0 Å². The van der Waals surface area contributed by atoms with Crippen LogP contribution in [0.25, 0.3) is 0 Å². The molecule has 0 bridgehead atoms. The predicted molar refractivity (Wildman–Crippen MR) is 131 cm³/mol. The molecule has 36 heavy (non-hydrogen) atoms. The molecule has 2 saturated heterocycles. The van der Waals surface area contributed by atoms with Gasteiger partial charge < -0.3 is 31.2 Å². The molecule has 0 radical (unpaired) electrons. The van der Waals surface area contributed by atoms with Gasteiger partial charge in [-0.2, -0.15) is 0 Å². The van der Waals surface area contributed by atoms with Crippen LogP contribution in [0.3, 0.4) is 0 Å². The van der Waals surface area contributed by atoms with Crippen LogP contribution in [0.1, 0.15) is 47.0 Å². The van der Waals surface area contributed by atoms with Gasteiger partial charge in [0.15, 0.2) is 16.8 Å². The minimum atomic E-state index is -1.51. The summed E-state index contributed by atoms with van der Waals surface area (Å²) in [5.41, 5.74) is 11.6. The standard InChI is InChI=1S/C22H28Cl2N8O3.Li/c1-2-12-11-31(20-17(24)28-16(22(34)35)19(26)29-20)9-10-32(12)13-5-7-30(8-6-13)21(33)14-3-4-15(23)27-18(14)25;/h3-4,12-13H,2,5-11H2,1H3,(H2,25,27)(H2,26,29)(H,34,35);/q;+1/p-1/t12-;/m0./s1. The van der Waals surface area contributed by atoms with E-state index < -0.39 is 11.7 Å². The van der Waals surface area contributed by atoms with Gasteiger partial charge in [0.1, 0.15) is 16.7 Å². The predicted octanol–water partition coefficient (Wildman–Crippen LogP) is -2.08. The van der Waals surface area contributed by atoms with Crippen molar-refractivity contribution in [2.45, 2.75) is 38.3 Å². The summed E-state index contributed by atoms with van der Waals surface area (Å²) in [4.78, 5) is 42.4. The number of carboxylic acid groups (broad SMARTS) is 1. The van der Waals surface area contributed by atoms with Crippen molar-refractivity contribution >= 4 is 52.5 Å². The van der Waals surface area contributed by atoms with E-state index in [0.717, 1.165) is 25.8 Å². The first-order chi connectivity index (χ1) is 16.7. The molecule has 0 aromatic carbocycles. The van der Waals surface area contributed by atoms with Gasteiger partial charge in [0, 0.05) is 44.8 Å². The number of pyridine rings is 1. The van der Waals surface area contributed by atoms with Crippen LogP contribution in [0.5, 0.6) is 0 Å². The third kappa shape index (κ3) is 5.81. The average molecular weight is 529 g/mol. The fourth-order valence-electron chi connectivity index (χ4n) is 4.88. The first-order valence-corrected chi connectivity index (χ1v) is 12.2. The van der Waals surface area contributed by atoms with Crippen LogP contribution >= 0.6 is 23.2 Å². The van der Waals surface area contributed by atoms with Gasteiger partial charge in [-0.3, -0.25) is 9.69 Å². The van der Waals surface area contributed by atoms with Crippen molar-refractivity contribution in [3.05, 3.63) is 33.7 Å². The summed E-state index contributed by atoms with van der Waals surface area (Å²) in [5.74, 6) is -1.34. The summed E-state index contributed by atoms with van der Waals surface area (Å²) in [6, 6.07) is 3.75. The molecule has 1 atom stereocenters. The number of halogens is 2.